The van der Waals surface area contributed by atoms with Crippen LogP contribution < -0.4 is 4.90 Å². The van der Waals surface area contributed by atoms with E-state index in [2.05, 4.69) is 11.6 Å². The number of allylic oxidation sites excluding steroid dienone is 1. The van der Waals surface area contributed by atoms with E-state index in [0.29, 0.717) is 11.4 Å². The predicted octanol–water partition coefficient (Wildman–Crippen LogP) is 3.34. The van der Waals surface area contributed by atoms with Crippen LogP contribution in [-0.2, 0) is 11.6 Å². The van der Waals surface area contributed by atoms with Gasteiger partial charge in [0.1, 0.15) is 5.82 Å². The molecule has 17 heavy (non-hydrogen) atoms. The maximum Gasteiger partial charge on any atom is 0.417 e. The lowest BCUT2D eigenvalue weighted by atomic mass is 9.85. The van der Waals surface area contributed by atoms with Crippen molar-refractivity contribution < 1.29 is 13.2 Å². The molecule has 0 aliphatic carbocycles. The van der Waals surface area contributed by atoms with E-state index in [-0.39, 0.29) is 0 Å². The highest BCUT2D eigenvalue weighted by molar-refractivity contribution is 5.65. The molecule has 5 heteroatoms. The second kappa shape index (κ2) is 3.24. The Kier molecular flexibility index (Phi) is 2.28. The highest BCUT2D eigenvalue weighted by Crippen LogP contribution is 2.46. The Bertz CT molecular complexity index is 489. The summed E-state index contributed by atoms with van der Waals surface area (Å²) in [6.45, 7) is 7.59. The van der Waals surface area contributed by atoms with Crippen molar-refractivity contribution >= 4 is 5.82 Å². The average molecular weight is 242 g/mol. The summed E-state index contributed by atoms with van der Waals surface area (Å²) in [5, 5.41) is 0. The fraction of sp³-hybridized carbons (Fsp3) is 0.417. The van der Waals surface area contributed by atoms with Gasteiger partial charge in [-0.15, -0.1) is 0 Å². The quantitative estimate of drug-likeness (QED) is 0.693. The topological polar surface area (TPSA) is 16.1 Å². The Morgan fingerprint density at radius 1 is 1.35 bits per heavy atom. The molecule has 0 N–H and O–H groups in total. The Hall–Kier alpha value is -1.52. The maximum atomic E-state index is 12.6. The number of pyridine rings is 1. The first-order valence-corrected chi connectivity index (χ1v) is 5.16. The lowest BCUT2D eigenvalue weighted by Crippen LogP contribution is -2.21. The lowest BCUT2D eigenvalue weighted by Gasteiger charge is -2.22. The smallest absolute Gasteiger partial charge is 0.333 e. The average Bonchev–Trinajstić information content (AvgIpc) is 2.39. The minimum absolute atomic E-state index is 0.516. The third-order valence-corrected chi connectivity index (χ3v) is 3.31. The van der Waals surface area contributed by atoms with E-state index in [9.17, 15) is 13.2 Å². The monoisotopic (exact) mass is 242 g/mol. The number of fused-ring (bicyclic) bond motifs is 1. The molecule has 0 spiro atoms. The third-order valence-electron chi connectivity index (χ3n) is 3.31. The number of aromatic nitrogens is 1. The molecule has 1 aliphatic heterocycles. The molecule has 0 aromatic carbocycles. The fourth-order valence-electron chi connectivity index (χ4n) is 2.04. The Morgan fingerprint density at radius 2 is 1.94 bits per heavy atom. The van der Waals surface area contributed by atoms with Gasteiger partial charge in [-0.25, -0.2) is 4.98 Å². The number of rotatable bonds is 0. The highest BCUT2D eigenvalue weighted by Gasteiger charge is 2.41. The molecular weight excluding hydrogens is 229 g/mol. The largest absolute Gasteiger partial charge is 0.417 e. The minimum atomic E-state index is -4.36. The van der Waals surface area contributed by atoms with Gasteiger partial charge < -0.3 is 4.90 Å². The zero-order valence-electron chi connectivity index (χ0n) is 9.89. The number of halogens is 3. The highest BCUT2D eigenvalue weighted by atomic mass is 19.4. The van der Waals surface area contributed by atoms with Crippen molar-refractivity contribution in [2.24, 2.45) is 0 Å². The lowest BCUT2D eigenvalue weighted by molar-refractivity contribution is -0.137. The van der Waals surface area contributed by atoms with Crippen LogP contribution >= 0.6 is 0 Å². The minimum Gasteiger partial charge on any atom is -0.333 e. The van der Waals surface area contributed by atoms with Gasteiger partial charge in [0.25, 0.3) is 0 Å². The molecule has 0 fully saturated rings. The number of hydrogen-bond acceptors (Lipinski definition) is 2. The SMILES string of the molecule is C=C1N(C)c2ncc(C(F)(F)F)cc2C1(C)C. The zero-order valence-corrected chi connectivity index (χ0v) is 9.89. The van der Waals surface area contributed by atoms with Gasteiger partial charge in [0, 0.05) is 29.9 Å². The van der Waals surface area contributed by atoms with E-state index in [4.69, 9.17) is 0 Å². The van der Waals surface area contributed by atoms with Crippen molar-refractivity contribution in [1.82, 2.24) is 4.98 Å². The second-order valence-corrected chi connectivity index (χ2v) is 4.72. The standard InChI is InChI=1S/C12H13F3N2/c1-7-11(2,3)9-5-8(12(13,14)15)6-16-10(9)17(7)4/h5-6H,1H2,2-4H3. The first-order valence-electron chi connectivity index (χ1n) is 5.16. The van der Waals surface area contributed by atoms with Crippen LogP contribution in [0.5, 0.6) is 0 Å². The molecule has 0 saturated carbocycles. The van der Waals surface area contributed by atoms with Gasteiger partial charge in [-0.05, 0) is 6.07 Å². The van der Waals surface area contributed by atoms with Crippen LogP contribution in [0.3, 0.4) is 0 Å². The summed E-state index contributed by atoms with van der Waals surface area (Å²) in [5.74, 6) is 0.549. The molecule has 0 unspecified atom stereocenters. The van der Waals surface area contributed by atoms with E-state index in [1.54, 1.807) is 11.9 Å². The van der Waals surface area contributed by atoms with Crippen LogP contribution in [0.2, 0.25) is 0 Å². The number of alkyl halides is 3. The van der Waals surface area contributed by atoms with E-state index >= 15 is 0 Å². The Labute approximate surface area is 97.8 Å². The van der Waals surface area contributed by atoms with Gasteiger partial charge in [0.15, 0.2) is 0 Å². The number of hydrogen-bond donors (Lipinski definition) is 0. The number of nitrogens with zero attached hydrogens (tertiary/aromatic N) is 2. The molecule has 0 radical (unpaired) electrons. The van der Waals surface area contributed by atoms with Gasteiger partial charge in [0.05, 0.1) is 5.56 Å². The van der Waals surface area contributed by atoms with E-state index in [0.717, 1.165) is 18.0 Å². The van der Waals surface area contributed by atoms with Crippen molar-refractivity contribution in [3.63, 3.8) is 0 Å². The number of likely N-dealkylation sites (N-methyl/N-ethyl adjacent to an activating group) is 1. The summed E-state index contributed by atoms with van der Waals surface area (Å²) in [5.41, 5.74) is 0.0878. The molecule has 1 aromatic heterocycles. The number of anilines is 1. The van der Waals surface area contributed by atoms with Crippen LogP contribution in [0.15, 0.2) is 24.5 Å². The summed E-state index contributed by atoms with van der Waals surface area (Å²) >= 11 is 0. The molecule has 2 nitrogen and oxygen atoms in total. The summed E-state index contributed by atoms with van der Waals surface area (Å²) < 4.78 is 37.9. The molecule has 0 bridgehead atoms. The molecule has 0 saturated heterocycles. The van der Waals surface area contributed by atoms with Gasteiger partial charge in [0.2, 0.25) is 0 Å². The molecule has 0 atom stereocenters. The summed E-state index contributed by atoms with van der Waals surface area (Å²) in [4.78, 5) is 5.63. The Balaban J connectivity index is 2.63. The van der Waals surface area contributed by atoms with Crippen LogP contribution in [-0.4, -0.2) is 12.0 Å². The first kappa shape index (κ1) is 12.0. The Morgan fingerprint density at radius 3 is 2.47 bits per heavy atom. The van der Waals surface area contributed by atoms with E-state index in [1.807, 2.05) is 13.8 Å². The van der Waals surface area contributed by atoms with Crippen molar-refractivity contribution in [2.45, 2.75) is 25.4 Å². The predicted molar refractivity (Wildman–Crippen MR) is 59.8 cm³/mol. The summed E-state index contributed by atoms with van der Waals surface area (Å²) in [6.07, 6.45) is -3.50. The van der Waals surface area contributed by atoms with E-state index < -0.39 is 17.2 Å². The molecule has 1 aromatic rings. The van der Waals surface area contributed by atoms with Crippen molar-refractivity contribution in [3.05, 3.63) is 35.7 Å². The molecular formula is C12H13F3N2. The first-order chi connectivity index (χ1) is 7.65. The van der Waals surface area contributed by atoms with Crippen LogP contribution in [0, 0.1) is 0 Å². The van der Waals surface area contributed by atoms with Crippen LogP contribution in [0.4, 0.5) is 19.0 Å². The second-order valence-electron chi connectivity index (χ2n) is 4.72. The molecule has 2 heterocycles. The molecule has 1 aliphatic rings. The van der Waals surface area contributed by atoms with Crippen molar-refractivity contribution in [2.75, 3.05) is 11.9 Å². The van der Waals surface area contributed by atoms with Crippen molar-refractivity contribution in [3.8, 4) is 0 Å². The van der Waals surface area contributed by atoms with Gasteiger partial charge in [-0.2, -0.15) is 13.2 Å². The van der Waals surface area contributed by atoms with Crippen LogP contribution in [0.25, 0.3) is 0 Å². The maximum absolute atomic E-state index is 12.6. The molecule has 0 amide bonds. The summed E-state index contributed by atoms with van der Waals surface area (Å²) in [7, 11) is 1.76. The normalized spacial score (nSPS) is 18.5. The van der Waals surface area contributed by atoms with E-state index in [1.165, 1.54) is 0 Å². The molecule has 92 valence electrons. The fourth-order valence-corrected chi connectivity index (χ4v) is 2.04. The van der Waals surface area contributed by atoms with Gasteiger partial charge in [-0.1, -0.05) is 20.4 Å². The van der Waals surface area contributed by atoms with Gasteiger partial charge >= 0.3 is 6.18 Å². The van der Waals surface area contributed by atoms with Crippen LogP contribution in [0.1, 0.15) is 25.0 Å². The molecule has 2 rings (SSSR count). The zero-order chi connectivity index (χ0) is 13.0. The van der Waals surface area contributed by atoms with Gasteiger partial charge in [-0.3, -0.25) is 0 Å². The van der Waals surface area contributed by atoms with Crippen molar-refractivity contribution in [1.29, 1.82) is 0 Å². The summed E-state index contributed by atoms with van der Waals surface area (Å²) in [6, 6.07) is 1.16. The third kappa shape index (κ3) is 1.61.